The predicted octanol–water partition coefficient (Wildman–Crippen LogP) is 15.5. The molecule has 0 radical (unpaired) electrons. The van der Waals surface area contributed by atoms with Crippen LogP contribution >= 0.6 is 0 Å². The minimum Gasteiger partial charge on any atom is -0.310 e. The summed E-state index contributed by atoms with van der Waals surface area (Å²) in [5, 5.41) is 10.1. The van der Waals surface area contributed by atoms with Crippen LogP contribution in [0.1, 0.15) is 25.0 Å². The lowest BCUT2D eigenvalue weighted by Crippen LogP contribution is -2.16. The summed E-state index contributed by atoms with van der Waals surface area (Å²) in [7, 11) is 0. The molecule has 0 spiro atoms. The van der Waals surface area contributed by atoms with Crippen LogP contribution in [0.3, 0.4) is 0 Å². The third-order valence-electron chi connectivity index (χ3n) is 12.2. The van der Waals surface area contributed by atoms with E-state index in [1.165, 1.54) is 65.3 Å². The third kappa shape index (κ3) is 5.25. The van der Waals surface area contributed by atoms with E-state index < -0.39 is 0 Å². The molecule has 0 atom stereocenters. The van der Waals surface area contributed by atoms with Crippen LogP contribution in [0, 0.1) is 0 Å². The molecule has 0 saturated carbocycles. The molecule has 1 aliphatic carbocycles. The Hall–Kier alpha value is -7.16. The first kappa shape index (κ1) is 33.2. The molecule has 0 N–H and O–H groups in total. The molecule has 270 valence electrons. The Morgan fingerprint density at radius 3 is 1.44 bits per heavy atom. The van der Waals surface area contributed by atoms with Crippen LogP contribution in [0.5, 0.6) is 0 Å². The van der Waals surface area contributed by atoms with Crippen LogP contribution in [0.4, 0.5) is 34.1 Å². The first-order valence-electron chi connectivity index (χ1n) is 19.9. The number of hydrogen-bond donors (Lipinski definition) is 0. The van der Waals surface area contributed by atoms with Crippen LogP contribution in [0.25, 0.3) is 54.2 Å². The van der Waals surface area contributed by atoms with Crippen molar-refractivity contribution >= 4 is 77.2 Å². The Bertz CT molecular complexity index is 3090. The summed E-state index contributed by atoms with van der Waals surface area (Å²) in [6, 6.07) is 75.5. The monoisotopic (exact) mass is 728 g/mol. The number of anilines is 6. The molecule has 0 aliphatic heterocycles. The van der Waals surface area contributed by atoms with Gasteiger partial charge in [-0.15, -0.1) is 0 Å². The summed E-state index contributed by atoms with van der Waals surface area (Å²) in [4.78, 5) is 4.76. The smallest absolute Gasteiger partial charge is 0.0468 e. The van der Waals surface area contributed by atoms with E-state index in [1.807, 2.05) is 0 Å². The molecule has 0 fully saturated rings. The summed E-state index contributed by atoms with van der Waals surface area (Å²) in [5.41, 5.74) is 12.2. The molecule has 57 heavy (non-hydrogen) atoms. The Labute approximate surface area is 333 Å². The zero-order valence-corrected chi connectivity index (χ0v) is 32.0. The Kier molecular flexibility index (Phi) is 7.55. The number of nitrogens with zero attached hydrogens (tertiary/aromatic N) is 2. The van der Waals surface area contributed by atoms with Crippen LogP contribution in [0.2, 0.25) is 0 Å². The summed E-state index contributed by atoms with van der Waals surface area (Å²) < 4.78 is 0. The van der Waals surface area contributed by atoms with E-state index in [-0.39, 0.29) is 5.41 Å². The van der Waals surface area contributed by atoms with Gasteiger partial charge in [-0.2, -0.15) is 0 Å². The molecule has 2 heteroatoms. The van der Waals surface area contributed by atoms with Crippen molar-refractivity contribution in [3.05, 3.63) is 217 Å². The second kappa shape index (κ2) is 13.0. The van der Waals surface area contributed by atoms with E-state index in [2.05, 4.69) is 230 Å². The first-order chi connectivity index (χ1) is 28.0. The number of fused-ring (bicyclic) bond motifs is 11. The highest BCUT2D eigenvalue weighted by atomic mass is 15.1. The standard InChI is InChI=1S/C55H40N2/c1-55(2)52-25-15-14-23-47(52)48-33-29-43(36-53(48)55)57(40-20-10-5-11-21-40)42-28-32-46-50-30-26-37-34-41(56(38-16-6-3-7-17-38)39-18-8-4-9-19-39)27-31-44(37)54(50)49-24-13-12-22-45(49)51(46)35-42/h3-36H,1-2H3. The van der Waals surface area contributed by atoms with Crippen molar-refractivity contribution in [1.29, 1.82) is 0 Å². The molecule has 0 saturated heterocycles. The van der Waals surface area contributed by atoms with Gasteiger partial charge in [0.25, 0.3) is 0 Å². The van der Waals surface area contributed by atoms with Crippen molar-refractivity contribution in [1.82, 2.24) is 0 Å². The van der Waals surface area contributed by atoms with Crippen molar-refractivity contribution < 1.29 is 0 Å². The lowest BCUT2D eigenvalue weighted by Gasteiger charge is -2.28. The summed E-state index contributed by atoms with van der Waals surface area (Å²) in [6.07, 6.45) is 0. The van der Waals surface area contributed by atoms with Gasteiger partial charge in [0.05, 0.1) is 0 Å². The van der Waals surface area contributed by atoms with Crippen LogP contribution in [-0.2, 0) is 5.41 Å². The fourth-order valence-electron chi connectivity index (χ4n) is 9.49. The van der Waals surface area contributed by atoms with Crippen molar-refractivity contribution in [3.8, 4) is 11.1 Å². The fourth-order valence-corrected chi connectivity index (χ4v) is 9.49. The zero-order chi connectivity index (χ0) is 38.1. The van der Waals surface area contributed by atoms with Gasteiger partial charge in [0.1, 0.15) is 0 Å². The van der Waals surface area contributed by atoms with Crippen LogP contribution in [-0.4, -0.2) is 0 Å². The summed E-state index contributed by atoms with van der Waals surface area (Å²) in [5.74, 6) is 0. The number of rotatable bonds is 6. The Morgan fingerprint density at radius 2 is 0.754 bits per heavy atom. The van der Waals surface area contributed by atoms with Gasteiger partial charge in [-0.3, -0.25) is 0 Å². The Morgan fingerprint density at radius 1 is 0.298 bits per heavy atom. The second-order valence-electron chi connectivity index (χ2n) is 15.7. The predicted molar refractivity (Wildman–Crippen MR) is 243 cm³/mol. The van der Waals surface area contributed by atoms with E-state index >= 15 is 0 Å². The molecule has 10 aromatic carbocycles. The van der Waals surface area contributed by atoms with Gasteiger partial charge in [-0.25, -0.2) is 0 Å². The van der Waals surface area contributed by atoms with E-state index in [0.717, 1.165) is 34.1 Å². The SMILES string of the molecule is CC1(C)c2ccccc2-c2ccc(N(c3ccccc3)c3ccc4c(c3)c3ccccc3c3c5ccc(N(c6ccccc6)c6ccccc6)cc5ccc43)cc21. The number of hydrogen-bond acceptors (Lipinski definition) is 2. The molecule has 0 aromatic heterocycles. The molecule has 10 aromatic rings. The topological polar surface area (TPSA) is 6.48 Å². The van der Waals surface area contributed by atoms with Gasteiger partial charge in [0.15, 0.2) is 0 Å². The van der Waals surface area contributed by atoms with E-state index in [4.69, 9.17) is 0 Å². The molecule has 2 nitrogen and oxygen atoms in total. The van der Waals surface area contributed by atoms with Gasteiger partial charge < -0.3 is 9.80 Å². The minimum atomic E-state index is -0.0896. The van der Waals surface area contributed by atoms with E-state index in [1.54, 1.807) is 0 Å². The highest BCUT2D eigenvalue weighted by molar-refractivity contribution is 6.31. The molecule has 0 unspecified atom stereocenters. The maximum atomic E-state index is 2.42. The Balaban J connectivity index is 1.09. The average molecular weight is 729 g/mol. The highest BCUT2D eigenvalue weighted by Crippen LogP contribution is 2.51. The minimum absolute atomic E-state index is 0.0896. The van der Waals surface area contributed by atoms with Crippen LogP contribution < -0.4 is 9.80 Å². The lowest BCUT2D eigenvalue weighted by molar-refractivity contribution is 0.660. The van der Waals surface area contributed by atoms with Crippen molar-refractivity contribution in [3.63, 3.8) is 0 Å². The average Bonchev–Trinajstić information content (AvgIpc) is 3.50. The van der Waals surface area contributed by atoms with Gasteiger partial charge in [0, 0.05) is 39.5 Å². The maximum absolute atomic E-state index is 2.42. The molecule has 0 amide bonds. The van der Waals surface area contributed by atoms with E-state index in [9.17, 15) is 0 Å². The van der Waals surface area contributed by atoms with Gasteiger partial charge >= 0.3 is 0 Å². The van der Waals surface area contributed by atoms with E-state index in [0.29, 0.717) is 0 Å². The second-order valence-corrected chi connectivity index (χ2v) is 15.7. The van der Waals surface area contributed by atoms with Crippen molar-refractivity contribution in [2.75, 3.05) is 9.80 Å². The molecular weight excluding hydrogens is 689 g/mol. The molecule has 1 aliphatic rings. The number of para-hydroxylation sites is 3. The maximum Gasteiger partial charge on any atom is 0.0468 e. The molecule has 11 rings (SSSR count). The van der Waals surface area contributed by atoms with Crippen molar-refractivity contribution in [2.24, 2.45) is 0 Å². The normalized spacial score (nSPS) is 12.9. The van der Waals surface area contributed by atoms with Gasteiger partial charge in [-0.05, 0) is 138 Å². The van der Waals surface area contributed by atoms with Gasteiger partial charge in [-0.1, -0.05) is 147 Å². The quantitative estimate of drug-likeness (QED) is 0.157. The zero-order valence-electron chi connectivity index (χ0n) is 32.0. The highest BCUT2D eigenvalue weighted by Gasteiger charge is 2.35. The summed E-state index contributed by atoms with van der Waals surface area (Å²) in [6.45, 7) is 4.71. The third-order valence-corrected chi connectivity index (χ3v) is 12.2. The summed E-state index contributed by atoms with van der Waals surface area (Å²) >= 11 is 0. The molecular formula is C55H40N2. The first-order valence-corrected chi connectivity index (χ1v) is 19.9. The fraction of sp³-hybridized carbons (Fsp3) is 0.0545. The number of benzene rings is 10. The van der Waals surface area contributed by atoms with Crippen LogP contribution in [0.15, 0.2) is 206 Å². The lowest BCUT2D eigenvalue weighted by atomic mass is 9.82. The largest absolute Gasteiger partial charge is 0.310 e. The molecule has 0 bridgehead atoms. The molecule has 0 heterocycles. The van der Waals surface area contributed by atoms with Gasteiger partial charge in [0.2, 0.25) is 0 Å². The van der Waals surface area contributed by atoms with Crippen molar-refractivity contribution in [2.45, 2.75) is 19.3 Å².